The van der Waals surface area contributed by atoms with Gasteiger partial charge in [-0.25, -0.2) is 0 Å². The van der Waals surface area contributed by atoms with Crippen molar-refractivity contribution in [3.05, 3.63) is 0 Å². The van der Waals surface area contributed by atoms with Crippen molar-refractivity contribution < 1.29 is 9.47 Å². The molecule has 2 atom stereocenters. The zero-order chi connectivity index (χ0) is 14.3. The predicted molar refractivity (Wildman–Crippen MR) is 78.2 cm³/mol. The van der Waals surface area contributed by atoms with Crippen molar-refractivity contribution in [2.24, 2.45) is 5.73 Å². The van der Waals surface area contributed by atoms with Gasteiger partial charge in [0.25, 0.3) is 0 Å². The van der Waals surface area contributed by atoms with Crippen LogP contribution >= 0.6 is 0 Å². The largest absolute Gasteiger partial charge is 0.356 e. The van der Waals surface area contributed by atoms with Crippen LogP contribution in [-0.4, -0.2) is 75.6 Å². The van der Waals surface area contributed by atoms with Crippen molar-refractivity contribution in [3.8, 4) is 0 Å². The van der Waals surface area contributed by atoms with Crippen molar-refractivity contribution in [1.29, 1.82) is 0 Å². The van der Waals surface area contributed by atoms with Gasteiger partial charge in [0.2, 0.25) is 0 Å². The molecule has 0 aromatic carbocycles. The molecule has 0 saturated carbocycles. The van der Waals surface area contributed by atoms with E-state index in [9.17, 15) is 0 Å². The molecule has 0 spiro atoms. The van der Waals surface area contributed by atoms with Crippen LogP contribution in [-0.2, 0) is 9.47 Å². The van der Waals surface area contributed by atoms with E-state index in [2.05, 4.69) is 23.8 Å². The molecule has 0 radical (unpaired) electrons. The molecule has 1 rings (SSSR count). The van der Waals surface area contributed by atoms with Gasteiger partial charge in [-0.2, -0.15) is 0 Å². The Morgan fingerprint density at radius 3 is 2.47 bits per heavy atom. The van der Waals surface area contributed by atoms with Crippen LogP contribution in [0.15, 0.2) is 0 Å². The van der Waals surface area contributed by atoms with Crippen LogP contribution in [0.1, 0.15) is 26.2 Å². The van der Waals surface area contributed by atoms with E-state index in [0.717, 1.165) is 25.9 Å². The third kappa shape index (κ3) is 5.00. The van der Waals surface area contributed by atoms with Gasteiger partial charge in [0, 0.05) is 52.4 Å². The minimum atomic E-state index is -0.160. The summed E-state index contributed by atoms with van der Waals surface area (Å²) in [6.45, 7) is 6.32. The topological polar surface area (TPSA) is 51.0 Å². The van der Waals surface area contributed by atoms with Crippen molar-refractivity contribution in [2.45, 2.75) is 44.6 Å². The number of ether oxygens (including phenoxy) is 2. The van der Waals surface area contributed by atoms with Gasteiger partial charge >= 0.3 is 0 Å². The monoisotopic (exact) mass is 273 g/mol. The van der Waals surface area contributed by atoms with Gasteiger partial charge in [-0.3, -0.25) is 4.90 Å². The highest BCUT2D eigenvalue weighted by molar-refractivity contribution is 4.84. The molecule has 1 aliphatic heterocycles. The molecular formula is C14H31N3O2. The second-order valence-corrected chi connectivity index (χ2v) is 5.44. The van der Waals surface area contributed by atoms with Gasteiger partial charge in [0.05, 0.1) is 0 Å². The summed E-state index contributed by atoms with van der Waals surface area (Å²) < 4.78 is 10.7. The Kier molecular flexibility index (Phi) is 7.87. The smallest absolute Gasteiger partial charge is 0.158 e. The average molecular weight is 273 g/mol. The molecule has 114 valence electrons. The molecule has 5 nitrogen and oxygen atoms in total. The van der Waals surface area contributed by atoms with E-state index in [-0.39, 0.29) is 6.29 Å². The highest BCUT2D eigenvalue weighted by Crippen LogP contribution is 2.18. The van der Waals surface area contributed by atoms with Gasteiger partial charge in [-0.05, 0) is 26.4 Å². The van der Waals surface area contributed by atoms with Crippen LogP contribution in [0, 0.1) is 0 Å². The first kappa shape index (κ1) is 16.9. The van der Waals surface area contributed by atoms with Crippen LogP contribution in [0.5, 0.6) is 0 Å². The third-order valence-electron chi connectivity index (χ3n) is 4.15. The van der Waals surface area contributed by atoms with Crippen molar-refractivity contribution in [1.82, 2.24) is 9.80 Å². The molecule has 2 unspecified atom stereocenters. The number of hydrogen-bond acceptors (Lipinski definition) is 5. The number of nitrogens with two attached hydrogens (primary N) is 1. The summed E-state index contributed by atoms with van der Waals surface area (Å²) in [4.78, 5) is 4.99. The molecule has 0 amide bonds. The van der Waals surface area contributed by atoms with E-state index in [0.29, 0.717) is 18.6 Å². The molecule has 2 N–H and O–H groups in total. The molecule has 1 fully saturated rings. The molecule has 1 saturated heterocycles. The van der Waals surface area contributed by atoms with E-state index < -0.39 is 0 Å². The number of likely N-dealkylation sites (N-methyl/N-ethyl adjacent to an activating group) is 1. The van der Waals surface area contributed by atoms with Crippen molar-refractivity contribution in [3.63, 3.8) is 0 Å². The van der Waals surface area contributed by atoms with Crippen LogP contribution in [0.3, 0.4) is 0 Å². The lowest BCUT2D eigenvalue weighted by Gasteiger charge is -2.37. The minimum absolute atomic E-state index is 0.160. The number of nitrogens with zero attached hydrogens (tertiary/aromatic N) is 2. The molecule has 0 aliphatic carbocycles. The normalized spacial score (nSPS) is 24.6. The average Bonchev–Trinajstić information content (AvgIpc) is 2.62. The van der Waals surface area contributed by atoms with Gasteiger partial charge in [0.1, 0.15) is 0 Å². The van der Waals surface area contributed by atoms with E-state index in [4.69, 9.17) is 15.2 Å². The molecule has 0 aromatic rings. The highest BCUT2D eigenvalue weighted by atomic mass is 16.7. The van der Waals surface area contributed by atoms with E-state index in [1.54, 1.807) is 14.2 Å². The molecule has 19 heavy (non-hydrogen) atoms. The Morgan fingerprint density at radius 1 is 1.26 bits per heavy atom. The van der Waals surface area contributed by atoms with Gasteiger partial charge in [0.15, 0.2) is 6.29 Å². The Labute approximate surface area is 118 Å². The first-order valence-corrected chi connectivity index (χ1v) is 7.36. The lowest BCUT2D eigenvalue weighted by atomic mass is 10.1. The number of rotatable bonds is 7. The molecule has 1 heterocycles. The molecular weight excluding hydrogens is 242 g/mol. The van der Waals surface area contributed by atoms with Gasteiger partial charge < -0.3 is 20.1 Å². The maximum absolute atomic E-state index is 6.00. The summed E-state index contributed by atoms with van der Waals surface area (Å²) >= 11 is 0. The second kappa shape index (κ2) is 8.87. The quantitative estimate of drug-likeness (QED) is 0.693. The highest BCUT2D eigenvalue weighted by Gasteiger charge is 2.29. The lowest BCUT2D eigenvalue weighted by Crippen LogP contribution is -2.50. The summed E-state index contributed by atoms with van der Waals surface area (Å²) in [6, 6.07) is 0.914. The summed E-state index contributed by atoms with van der Waals surface area (Å²) in [7, 11) is 5.58. The summed E-state index contributed by atoms with van der Waals surface area (Å²) in [5, 5.41) is 0. The van der Waals surface area contributed by atoms with E-state index in [1.807, 2.05) is 0 Å². The minimum Gasteiger partial charge on any atom is -0.356 e. The Bertz CT molecular complexity index is 237. The van der Waals surface area contributed by atoms with Crippen LogP contribution in [0.4, 0.5) is 0 Å². The fraction of sp³-hybridized carbons (Fsp3) is 1.00. The number of methoxy groups -OCH3 is 2. The molecule has 0 aromatic heterocycles. The summed E-state index contributed by atoms with van der Waals surface area (Å²) in [5.41, 5.74) is 6.00. The van der Waals surface area contributed by atoms with Crippen LogP contribution in [0.2, 0.25) is 0 Å². The van der Waals surface area contributed by atoms with E-state index in [1.165, 1.54) is 13.0 Å². The molecule has 1 aliphatic rings. The van der Waals surface area contributed by atoms with E-state index >= 15 is 0 Å². The Balaban J connectivity index is 2.69. The van der Waals surface area contributed by atoms with Gasteiger partial charge in [-0.1, -0.05) is 6.92 Å². The molecule has 0 bridgehead atoms. The van der Waals surface area contributed by atoms with Gasteiger partial charge in [-0.15, -0.1) is 0 Å². The Hall–Kier alpha value is -0.200. The zero-order valence-electron chi connectivity index (χ0n) is 13.0. The molecule has 5 heteroatoms. The van der Waals surface area contributed by atoms with Crippen molar-refractivity contribution >= 4 is 0 Å². The summed E-state index contributed by atoms with van der Waals surface area (Å²) in [6.07, 6.45) is 3.04. The zero-order valence-corrected chi connectivity index (χ0v) is 13.0. The number of hydrogen-bond donors (Lipinski definition) is 1. The maximum atomic E-state index is 6.00. The first-order chi connectivity index (χ1) is 9.15. The van der Waals surface area contributed by atoms with Crippen LogP contribution in [0.25, 0.3) is 0 Å². The fourth-order valence-corrected chi connectivity index (χ4v) is 2.98. The first-order valence-electron chi connectivity index (χ1n) is 7.36. The summed E-state index contributed by atoms with van der Waals surface area (Å²) in [5.74, 6) is 0. The second-order valence-electron chi connectivity index (χ2n) is 5.44. The predicted octanol–water partition coefficient (Wildman–Crippen LogP) is 0.739. The third-order valence-corrected chi connectivity index (χ3v) is 4.15. The SMILES string of the molecule is CCC1CN(C)CCCN1C(CN)CC(OC)OC. The lowest BCUT2D eigenvalue weighted by molar-refractivity contribution is -0.118. The standard InChI is InChI=1S/C14H31N3O2/c1-5-12-11-16(2)7-6-8-17(12)13(10-15)9-14(18-3)19-4/h12-14H,5-11,15H2,1-4H3. The van der Waals surface area contributed by atoms with Crippen molar-refractivity contribution in [2.75, 3.05) is 47.4 Å². The maximum Gasteiger partial charge on any atom is 0.158 e. The Morgan fingerprint density at radius 2 is 1.95 bits per heavy atom. The fourth-order valence-electron chi connectivity index (χ4n) is 2.98. The van der Waals surface area contributed by atoms with Crippen LogP contribution < -0.4 is 5.73 Å².